The number of hydrogen-bond donors (Lipinski definition) is 1. The molecule has 0 heterocycles. The number of rotatable bonds is 11. The van der Waals surface area contributed by atoms with Gasteiger partial charge in [0.05, 0.1) is 25.5 Å². The molecule has 0 aliphatic heterocycles. The van der Waals surface area contributed by atoms with Crippen molar-refractivity contribution in [2.45, 2.75) is 13.3 Å². The standard InChI is InChI=1S/C26H26N2O6/c1-3-16-32-22-10-6-20(7-11-22)26(30)34-24-8-4-19(5-9-24)17-27-28-25(29)18-33-23-14-12-21(31-2)13-15-23/h4-15,17H,3,16,18H2,1-2H3,(H,28,29). The van der Waals surface area contributed by atoms with Crippen molar-refractivity contribution in [2.75, 3.05) is 20.3 Å². The van der Waals surface area contributed by atoms with Gasteiger partial charge >= 0.3 is 5.97 Å². The van der Waals surface area contributed by atoms with Crippen LogP contribution in [0.2, 0.25) is 0 Å². The minimum absolute atomic E-state index is 0.176. The smallest absolute Gasteiger partial charge is 0.343 e. The molecular formula is C26H26N2O6. The first kappa shape index (κ1) is 24.3. The summed E-state index contributed by atoms with van der Waals surface area (Å²) in [5, 5.41) is 3.90. The van der Waals surface area contributed by atoms with Crippen LogP contribution in [0.1, 0.15) is 29.3 Å². The highest BCUT2D eigenvalue weighted by atomic mass is 16.5. The molecule has 1 N–H and O–H groups in total. The maximum atomic E-state index is 12.3. The molecule has 0 aliphatic carbocycles. The third kappa shape index (κ3) is 7.67. The maximum absolute atomic E-state index is 12.3. The lowest BCUT2D eigenvalue weighted by atomic mass is 10.2. The molecule has 0 fully saturated rings. The van der Waals surface area contributed by atoms with Gasteiger partial charge in [0.2, 0.25) is 0 Å². The van der Waals surface area contributed by atoms with E-state index in [-0.39, 0.29) is 6.61 Å². The first-order valence-electron chi connectivity index (χ1n) is 10.7. The van der Waals surface area contributed by atoms with Crippen LogP contribution in [0, 0.1) is 0 Å². The Hall–Kier alpha value is -4.33. The van der Waals surface area contributed by atoms with Crippen LogP contribution >= 0.6 is 0 Å². The van der Waals surface area contributed by atoms with Crippen LogP contribution in [0.25, 0.3) is 0 Å². The topological polar surface area (TPSA) is 95.5 Å². The van der Waals surface area contributed by atoms with Gasteiger partial charge in [-0.1, -0.05) is 6.92 Å². The van der Waals surface area contributed by atoms with Crippen molar-refractivity contribution < 1.29 is 28.5 Å². The Morgan fingerprint density at radius 3 is 2.06 bits per heavy atom. The number of methoxy groups -OCH3 is 1. The summed E-state index contributed by atoms with van der Waals surface area (Å²) in [7, 11) is 1.58. The third-order valence-electron chi connectivity index (χ3n) is 4.49. The number of carbonyl (C=O) groups is 2. The number of hydrogen-bond acceptors (Lipinski definition) is 7. The van der Waals surface area contributed by atoms with Crippen molar-refractivity contribution in [1.29, 1.82) is 0 Å². The molecule has 0 atom stereocenters. The van der Waals surface area contributed by atoms with Gasteiger partial charge in [0.1, 0.15) is 23.0 Å². The fourth-order valence-electron chi connectivity index (χ4n) is 2.73. The molecule has 0 aromatic heterocycles. The normalized spacial score (nSPS) is 10.5. The summed E-state index contributed by atoms with van der Waals surface area (Å²) in [6, 6.07) is 20.4. The fourth-order valence-corrected chi connectivity index (χ4v) is 2.73. The van der Waals surface area contributed by atoms with Crippen molar-refractivity contribution in [3.63, 3.8) is 0 Å². The lowest BCUT2D eigenvalue weighted by Gasteiger charge is -2.07. The van der Waals surface area contributed by atoms with Gasteiger partial charge in [-0.15, -0.1) is 0 Å². The average molecular weight is 463 g/mol. The molecular weight excluding hydrogens is 436 g/mol. The van der Waals surface area contributed by atoms with E-state index in [2.05, 4.69) is 10.5 Å². The van der Waals surface area contributed by atoms with Crippen molar-refractivity contribution in [1.82, 2.24) is 5.43 Å². The number of esters is 1. The first-order valence-corrected chi connectivity index (χ1v) is 10.7. The maximum Gasteiger partial charge on any atom is 0.343 e. The highest BCUT2D eigenvalue weighted by Gasteiger charge is 2.09. The van der Waals surface area contributed by atoms with Gasteiger partial charge in [-0.3, -0.25) is 4.79 Å². The molecule has 34 heavy (non-hydrogen) atoms. The van der Waals surface area contributed by atoms with Crippen LogP contribution in [0.15, 0.2) is 77.9 Å². The summed E-state index contributed by atoms with van der Waals surface area (Å²) in [5.74, 6) is 1.49. The lowest BCUT2D eigenvalue weighted by Crippen LogP contribution is -2.24. The summed E-state index contributed by atoms with van der Waals surface area (Å²) in [5.41, 5.74) is 3.54. The number of nitrogens with zero attached hydrogens (tertiary/aromatic N) is 1. The molecule has 0 saturated heterocycles. The van der Waals surface area contributed by atoms with Gasteiger partial charge in [0.15, 0.2) is 6.61 Å². The monoisotopic (exact) mass is 462 g/mol. The Kier molecular flexibility index (Phi) is 9.04. The Labute approximate surface area is 198 Å². The van der Waals surface area contributed by atoms with Gasteiger partial charge in [-0.25, -0.2) is 10.2 Å². The highest BCUT2D eigenvalue weighted by molar-refractivity contribution is 5.91. The van der Waals surface area contributed by atoms with E-state index < -0.39 is 11.9 Å². The summed E-state index contributed by atoms with van der Waals surface area (Å²) >= 11 is 0. The van der Waals surface area contributed by atoms with E-state index in [1.165, 1.54) is 6.21 Å². The molecule has 3 rings (SSSR count). The molecule has 3 aromatic carbocycles. The average Bonchev–Trinajstić information content (AvgIpc) is 2.88. The van der Waals surface area contributed by atoms with Gasteiger partial charge < -0.3 is 18.9 Å². The zero-order valence-corrected chi connectivity index (χ0v) is 19.0. The summed E-state index contributed by atoms with van der Waals surface area (Å²) < 4.78 is 21.4. The van der Waals surface area contributed by atoms with Crippen LogP contribution in [0.5, 0.6) is 23.0 Å². The van der Waals surface area contributed by atoms with Crippen molar-refractivity contribution in [3.05, 3.63) is 83.9 Å². The Morgan fingerprint density at radius 1 is 0.824 bits per heavy atom. The molecule has 8 nitrogen and oxygen atoms in total. The second kappa shape index (κ2) is 12.6. The van der Waals surface area contributed by atoms with Crippen LogP contribution in [0.4, 0.5) is 0 Å². The fraction of sp³-hybridized carbons (Fsp3) is 0.192. The second-order valence-corrected chi connectivity index (χ2v) is 7.09. The molecule has 0 aliphatic rings. The number of hydrazone groups is 1. The Morgan fingerprint density at radius 2 is 1.41 bits per heavy atom. The van der Waals surface area contributed by atoms with Gasteiger partial charge in [0.25, 0.3) is 5.91 Å². The predicted octanol–water partition coefficient (Wildman–Crippen LogP) is 4.23. The lowest BCUT2D eigenvalue weighted by molar-refractivity contribution is -0.123. The van der Waals surface area contributed by atoms with E-state index in [0.717, 1.165) is 6.42 Å². The highest BCUT2D eigenvalue weighted by Crippen LogP contribution is 2.18. The van der Waals surface area contributed by atoms with Gasteiger partial charge in [-0.2, -0.15) is 5.10 Å². The molecule has 1 amide bonds. The molecule has 0 unspecified atom stereocenters. The zero-order valence-electron chi connectivity index (χ0n) is 19.0. The zero-order chi connectivity index (χ0) is 24.2. The SMILES string of the molecule is CCCOc1ccc(C(=O)Oc2ccc(C=NNC(=O)COc3ccc(OC)cc3)cc2)cc1. The van der Waals surface area contributed by atoms with E-state index in [9.17, 15) is 9.59 Å². The number of carbonyl (C=O) groups excluding carboxylic acids is 2. The summed E-state index contributed by atoms with van der Waals surface area (Å²) in [6.07, 6.45) is 2.39. The Bertz CT molecular complexity index is 1090. The largest absolute Gasteiger partial charge is 0.497 e. The summed E-state index contributed by atoms with van der Waals surface area (Å²) in [6.45, 7) is 2.48. The minimum Gasteiger partial charge on any atom is -0.497 e. The van der Waals surface area contributed by atoms with E-state index in [1.807, 2.05) is 6.92 Å². The van der Waals surface area contributed by atoms with Crippen LogP contribution in [-0.4, -0.2) is 38.4 Å². The quantitative estimate of drug-likeness (QED) is 0.198. The van der Waals surface area contributed by atoms with Crippen molar-refractivity contribution in [2.24, 2.45) is 5.10 Å². The number of amides is 1. The van der Waals surface area contributed by atoms with E-state index in [1.54, 1.807) is 79.9 Å². The minimum atomic E-state index is -0.465. The third-order valence-corrected chi connectivity index (χ3v) is 4.49. The molecule has 0 saturated carbocycles. The van der Waals surface area contributed by atoms with Crippen molar-refractivity contribution in [3.8, 4) is 23.0 Å². The van der Waals surface area contributed by atoms with Gasteiger partial charge in [-0.05, 0) is 84.8 Å². The van der Waals surface area contributed by atoms with Gasteiger partial charge in [0, 0.05) is 0 Å². The van der Waals surface area contributed by atoms with E-state index in [0.29, 0.717) is 40.7 Å². The predicted molar refractivity (Wildman–Crippen MR) is 128 cm³/mol. The van der Waals surface area contributed by atoms with E-state index >= 15 is 0 Å². The second-order valence-electron chi connectivity index (χ2n) is 7.09. The number of benzene rings is 3. The Balaban J connectivity index is 1.43. The molecule has 0 radical (unpaired) electrons. The van der Waals surface area contributed by atoms with Crippen LogP contribution in [0.3, 0.4) is 0 Å². The summed E-state index contributed by atoms with van der Waals surface area (Å²) in [4.78, 5) is 24.2. The van der Waals surface area contributed by atoms with E-state index in [4.69, 9.17) is 18.9 Å². The number of ether oxygens (including phenoxy) is 4. The van der Waals surface area contributed by atoms with Crippen LogP contribution < -0.4 is 24.4 Å². The first-order chi connectivity index (χ1) is 16.6. The van der Waals surface area contributed by atoms with Crippen LogP contribution in [-0.2, 0) is 4.79 Å². The molecule has 176 valence electrons. The molecule has 0 spiro atoms. The molecule has 3 aromatic rings. The molecule has 8 heteroatoms. The molecule has 0 bridgehead atoms. The number of nitrogens with one attached hydrogen (secondary N) is 1. The van der Waals surface area contributed by atoms with Crippen molar-refractivity contribution >= 4 is 18.1 Å².